The average Bonchev–Trinajstić information content (AvgIpc) is 3.17. The second-order valence-electron chi connectivity index (χ2n) is 15.0. The third kappa shape index (κ3) is 42.3. The fourth-order valence-electron chi connectivity index (χ4n) is 4.93. The Morgan fingerprint density at radius 3 is 1.47 bits per heavy atom. The summed E-state index contributed by atoms with van der Waals surface area (Å²) in [5, 5.41) is 0. The molecule has 2 atom stereocenters. The van der Waals surface area contributed by atoms with Gasteiger partial charge in [0, 0.05) is 12.8 Å². The molecule has 0 radical (unpaired) electrons. The monoisotopic (exact) mass is 829 g/mol. The van der Waals surface area contributed by atoms with Gasteiger partial charge in [-0.1, -0.05) is 136 Å². The summed E-state index contributed by atoms with van der Waals surface area (Å²) in [5.74, 6) is -0.955. The average molecular weight is 829 g/mol. The second-order valence-corrected chi connectivity index (χ2v) is 16.4. The minimum Gasteiger partial charge on any atom is -0.462 e. The van der Waals surface area contributed by atoms with Gasteiger partial charge in [-0.2, -0.15) is 0 Å². The van der Waals surface area contributed by atoms with Crippen molar-refractivity contribution in [1.82, 2.24) is 0 Å². The van der Waals surface area contributed by atoms with E-state index in [-0.39, 0.29) is 26.1 Å². The van der Waals surface area contributed by atoms with Crippen molar-refractivity contribution in [2.24, 2.45) is 0 Å². The first kappa shape index (κ1) is 54.7. The zero-order valence-corrected chi connectivity index (χ0v) is 37.6. The van der Waals surface area contributed by atoms with E-state index in [0.29, 0.717) is 23.9 Å². The first-order valence-electron chi connectivity index (χ1n) is 21.6. The highest BCUT2D eigenvalue weighted by molar-refractivity contribution is 7.47. The Morgan fingerprint density at radius 2 is 1.00 bits per heavy atom. The van der Waals surface area contributed by atoms with E-state index in [2.05, 4.69) is 111 Å². The zero-order chi connectivity index (χ0) is 42.8. The van der Waals surface area contributed by atoms with Crippen LogP contribution in [0.5, 0.6) is 0 Å². The van der Waals surface area contributed by atoms with Crippen molar-refractivity contribution in [1.29, 1.82) is 0 Å². The summed E-state index contributed by atoms with van der Waals surface area (Å²) in [6.45, 7) is 4.11. The molecular formula is C48H79NO8P+. The van der Waals surface area contributed by atoms with E-state index < -0.39 is 32.5 Å². The van der Waals surface area contributed by atoms with E-state index >= 15 is 0 Å². The molecule has 9 nitrogen and oxygen atoms in total. The minimum absolute atomic E-state index is 0.00653. The Morgan fingerprint density at radius 1 is 0.552 bits per heavy atom. The minimum atomic E-state index is -4.41. The molecule has 0 aromatic rings. The highest BCUT2D eigenvalue weighted by Crippen LogP contribution is 2.43. The van der Waals surface area contributed by atoms with Gasteiger partial charge in [-0.25, -0.2) is 4.57 Å². The molecule has 328 valence electrons. The summed E-state index contributed by atoms with van der Waals surface area (Å²) in [4.78, 5) is 35.3. The van der Waals surface area contributed by atoms with E-state index in [9.17, 15) is 19.0 Å². The van der Waals surface area contributed by atoms with Crippen LogP contribution in [0.15, 0.2) is 109 Å². The molecule has 0 aliphatic heterocycles. The highest BCUT2D eigenvalue weighted by Gasteiger charge is 2.27. The van der Waals surface area contributed by atoms with Crippen LogP contribution >= 0.6 is 7.82 Å². The molecule has 0 spiro atoms. The summed E-state index contributed by atoms with van der Waals surface area (Å²) in [6, 6.07) is 0. The maximum absolute atomic E-state index is 12.7. The van der Waals surface area contributed by atoms with Gasteiger partial charge in [0.2, 0.25) is 0 Å². The number of carbonyl (C=O) groups excluding carboxylic acids is 2. The summed E-state index contributed by atoms with van der Waals surface area (Å²) in [6.07, 6.45) is 53.0. The van der Waals surface area contributed by atoms with E-state index in [4.69, 9.17) is 18.5 Å². The maximum atomic E-state index is 12.7. The molecule has 0 aromatic heterocycles. The Balaban J connectivity index is 4.58. The quantitative estimate of drug-likeness (QED) is 0.0217. The molecule has 10 heteroatoms. The van der Waals surface area contributed by atoms with E-state index in [1.807, 2.05) is 33.3 Å². The van der Waals surface area contributed by atoms with Crippen LogP contribution in [0.1, 0.15) is 129 Å². The fourth-order valence-corrected chi connectivity index (χ4v) is 5.67. The SMILES string of the molecule is CC/C=C/C/C=C/C/C=C/C/C=C/C/C=C/C/C=C/CCC(=O)OC[C@H](COP(=O)(O)OCC[N+](C)(C)C)OC(=O)CCCC/C=C/C/C=C/C/C=C/CCCCC. The molecule has 1 N–H and O–H groups in total. The van der Waals surface area contributed by atoms with E-state index in [1.165, 1.54) is 19.3 Å². The van der Waals surface area contributed by atoms with Gasteiger partial charge in [0.25, 0.3) is 0 Å². The molecule has 0 aliphatic rings. The van der Waals surface area contributed by atoms with E-state index in [1.54, 1.807) is 0 Å². The number of esters is 2. The lowest BCUT2D eigenvalue weighted by atomic mass is 10.1. The summed E-state index contributed by atoms with van der Waals surface area (Å²) >= 11 is 0. The number of nitrogens with zero attached hydrogens (tertiary/aromatic N) is 1. The van der Waals surface area contributed by atoms with Gasteiger partial charge < -0.3 is 18.9 Å². The molecular weight excluding hydrogens is 750 g/mol. The number of phosphoric ester groups is 1. The Kier molecular flexibility index (Phi) is 36.9. The number of phosphoric acid groups is 1. The van der Waals surface area contributed by atoms with Crippen molar-refractivity contribution in [3.05, 3.63) is 109 Å². The molecule has 0 bridgehead atoms. The summed E-state index contributed by atoms with van der Waals surface area (Å²) < 4.78 is 34.1. The van der Waals surface area contributed by atoms with Crippen molar-refractivity contribution < 1.29 is 42.1 Å². The molecule has 0 fully saturated rings. The Hall–Kier alpha value is -3.33. The van der Waals surface area contributed by atoms with Gasteiger partial charge in [0.05, 0.1) is 27.7 Å². The normalized spacial score (nSPS) is 14.7. The molecule has 0 saturated carbocycles. The number of rotatable bonds is 37. The highest BCUT2D eigenvalue weighted by atomic mass is 31.2. The first-order valence-corrected chi connectivity index (χ1v) is 23.1. The van der Waals surface area contributed by atoms with Gasteiger partial charge in [-0.3, -0.25) is 18.6 Å². The van der Waals surface area contributed by atoms with Gasteiger partial charge in [-0.05, 0) is 89.9 Å². The molecule has 58 heavy (non-hydrogen) atoms. The molecule has 0 aliphatic carbocycles. The van der Waals surface area contributed by atoms with Crippen molar-refractivity contribution in [2.45, 2.75) is 136 Å². The predicted octanol–water partition coefficient (Wildman–Crippen LogP) is 12.3. The van der Waals surface area contributed by atoms with Crippen molar-refractivity contribution in [3.63, 3.8) is 0 Å². The summed E-state index contributed by atoms with van der Waals surface area (Å²) in [5.41, 5.74) is 0. The molecule has 0 aromatic carbocycles. The van der Waals surface area contributed by atoms with Gasteiger partial charge >= 0.3 is 19.8 Å². The molecule has 1 unspecified atom stereocenters. The number of likely N-dealkylation sites (N-methyl/N-ethyl adjacent to an activating group) is 1. The smallest absolute Gasteiger partial charge is 0.462 e. The predicted molar refractivity (Wildman–Crippen MR) is 242 cm³/mol. The Labute approximate surface area is 353 Å². The van der Waals surface area contributed by atoms with Crippen LogP contribution in [0.25, 0.3) is 0 Å². The number of carbonyl (C=O) groups is 2. The van der Waals surface area contributed by atoms with Crippen molar-refractivity contribution >= 4 is 19.8 Å². The number of hydrogen-bond acceptors (Lipinski definition) is 7. The van der Waals surface area contributed by atoms with Crippen molar-refractivity contribution in [2.75, 3.05) is 47.5 Å². The third-order valence-electron chi connectivity index (χ3n) is 8.30. The third-order valence-corrected chi connectivity index (χ3v) is 9.28. The first-order chi connectivity index (χ1) is 28.0. The van der Waals surface area contributed by atoms with Crippen LogP contribution in [0.2, 0.25) is 0 Å². The topological polar surface area (TPSA) is 108 Å². The van der Waals surface area contributed by atoms with E-state index in [0.717, 1.165) is 70.6 Å². The van der Waals surface area contributed by atoms with Crippen LogP contribution < -0.4 is 0 Å². The lowest BCUT2D eigenvalue weighted by Gasteiger charge is -2.24. The zero-order valence-electron chi connectivity index (χ0n) is 36.7. The second kappa shape index (κ2) is 39.1. The lowest BCUT2D eigenvalue weighted by Crippen LogP contribution is -2.37. The largest absolute Gasteiger partial charge is 0.472 e. The fraction of sp³-hybridized carbons (Fsp3) is 0.583. The van der Waals surface area contributed by atoms with Gasteiger partial charge in [0.1, 0.15) is 19.8 Å². The van der Waals surface area contributed by atoms with Gasteiger partial charge in [0.15, 0.2) is 6.10 Å². The number of hydrogen-bond donors (Lipinski definition) is 1. The van der Waals surface area contributed by atoms with Crippen LogP contribution in [0.3, 0.4) is 0 Å². The van der Waals surface area contributed by atoms with Crippen LogP contribution in [0, 0.1) is 0 Å². The number of allylic oxidation sites excluding steroid dienone is 18. The standard InChI is InChI=1S/C48H78NO8P/c1-6-8-10-12-14-16-18-20-22-23-24-25-27-28-30-32-34-36-38-40-47(50)54-44-46(45-56-58(52,53)55-43-42-49(3,4)5)57-48(51)41-39-37-35-33-31-29-26-21-19-17-15-13-11-9-7-2/h8,10,14-17,20-22,24-26,28,30-31,33-34,36,46H,6-7,9,11-13,18-19,23,27,29,32,35,37-45H2,1-5H3/p+1/b10-8+,16-14+,17-15+,22-20+,25-24+,26-21+,30-28+,33-31+,36-34+/t46-/m1/s1. The summed E-state index contributed by atoms with van der Waals surface area (Å²) in [7, 11) is 1.39. The molecule has 0 amide bonds. The molecule has 0 heterocycles. The number of ether oxygens (including phenoxy) is 2. The van der Waals surface area contributed by atoms with Crippen LogP contribution in [-0.4, -0.2) is 74.9 Å². The molecule has 0 rings (SSSR count). The maximum Gasteiger partial charge on any atom is 0.472 e. The molecule has 0 saturated heterocycles. The van der Waals surface area contributed by atoms with Gasteiger partial charge in [-0.15, -0.1) is 0 Å². The van der Waals surface area contributed by atoms with Crippen LogP contribution in [0.4, 0.5) is 0 Å². The number of quaternary nitrogens is 1. The van der Waals surface area contributed by atoms with Crippen molar-refractivity contribution in [3.8, 4) is 0 Å². The lowest BCUT2D eigenvalue weighted by molar-refractivity contribution is -0.870. The Bertz CT molecular complexity index is 1350. The van der Waals surface area contributed by atoms with Crippen LogP contribution in [-0.2, 0) is 32.7 Å². The number of unbranched alkanes of at least 4 members (excludes halogenated alkanes) is 5.